The Morgan fingerprint density at radius 3 is 2.58 bits per heavy atom. The Morgan fingerprint density at radius 1 is 1.21 bits per heavy atom. The van der Waals surface area contributed by atoms with Crippen LogP contribution in [0.1, 0.15) is 15.9 Å². The van der Waals surface area contributed by atoms with Gasteiger partial charge in [0.05, 0.1) is 17.2 Å². The van der Waals surface area contributed by atoms with Gasteiger partial charge in [0.2, 0.25) is 5.91 Å². The summed E-state index contributed by atoms with van der Waals surface area (Å²) in [7, 11) is 0. The maximum Gasteiger partial charge on any atom is 0.250 e. The molecule has 1 amide bonds. The minimum Gasteiger partial charge on any atom is -0.457 e. The summed E-state index contributed by atoms with van der Waals surface area (Å²) in [5, 5.41) is 9.28. The highest BCUT2D eigenvalue weighted by atomic mass is 35.5. The summed E-state index contributed by atoms with van der Waals surface area (Å²) < 4.78 is 5.59. The van der Waals surface area contributed by atoms with Crippen molar-refractivity contribution in [3.63, 3.8) is 0 Å². The second kappa shape index (κ2) is 5.73. The molecular weight excluding hydrogens is 266 g/mol. The third kappa shape index (κ3) is 3.24. The molecule has 3 N–H and O–H groups in total. The Labute approximate surface area is 115 Å². The average Bonchev–Trinajstić information content (AvgIpc) is 2.38. The van der Waals surface area contributed by atoms with E-state index in [1.807, 2.05) is 0 Å². The van der Waals surface area contributed by atoms with Crippen molar-refractivity contribution < 1.29 is 14.6 Å². The normalized spacial score (nSPS) is 10.2. The van der Waals surface area contributed by atoms with Gasteiger partial charge in [-0.05, 0) is 29.8 Å². The largest absolute Gasteiger partial charge is 0.457 e. The number of carbonyl (C=O) groups excluding carboxylic acids is 1. The molecule has 0 saturated carbocycles. The summed E-state index contributed by atoms with van der Waals surface area (Å²) in [6, 6.07) is 11.7. The predicted molar refractivity (Wildman–Crippen MR) is 72.4 cm³/mol. The molecule has 0 aliphatic heterocycles. The van der Waals surface area contributed by atoms with Gasteiger partial charge < -0.3 is 15.6 Å². The molecule has 2 aromatic carbocycles. The first kappa shape index (κ1) is 13.4. The van der Waals surface area contributed by atoms with Gasteiger partial charge in [-0.1, -0.05) is 23.7 Å². The second-order valence-corrected chi connectivity index (χ2v) is 4.32. The lowest BCUT2D eigenvalue weighted by Crippen LogP contribution is -2.11. The van der Waals surface area contributed by atoms with Gasteiger partial charge in [0.15, 0.2) is 0 Å². The van der Waals surface area contributed by atoms with E-state index in [1.165, 1.54) is 12.1 Å². The topological polar surface area (TPSA) is 72.6 Å². The Hall–Kier alpha value is -2.04. The van der Waals surface area contributed by atoms with Crippen LogP contribution >= 0.6 is 11.6 Å². The summed E-state index contributed by atoms with van der Waals surface area (Å²) in [4.78, 5) is 11.0. The van der Waals surface area contributed by atoms with E-state index in [0.717, 1.165) is 5.56 Å². The zero-order valence-corrected chi connectivity index (χ0v) is 10.7. The van der Waals surface area contributed by atoms with Gasteiger partial charge in [0.25, 0.3) is 0 Å². The van der Waals surface area contributed by atoms with Crippen molar-refractivity contribution in [2.24, 2.45) is 5.73 Å². The summed E-state index contributed by atoms with van der Waals surface area (Å²) in [5.41, 5.74) is 6.16. The second-order valence-electron chi connectivity index (χ2n) is 3.91. The smallest absolute Gasteiger partial charge is 0.250 e. The molecule has 2 aromatic rings. The number of hydrogen-bond donors (Lipinski definition) is 2. The predicted octanol–water partition coefficient (Wildman–Crippen LogP) is 2.72. The number of aliphatic hydroxyl groups is 1. The van der Waals surface area contributed by atoms with E-state index in [0.29, 0.717) is 11.5 Å². The number of nitrogens with two attached hydrogens (primary N) is 1. The molecule has 0 spiro atoms. The fourth-order valence-electron chi connectivity index (χ4n) is 1.60. The van der Waals surface area contributed by atoms with E-state index in [2.05, 4.69) is 0 Å². The summed E-state index contributed by atoms with van der Waals surface area (Å²) >= 11 is 5.93. The van der Waals surface area contributed by atoms with Crippen LogP contribution in [0.15, 0.2) is 42.5 Å². The monoisotopic (exact) mass is 277 g/mol. The molecule has 0 fully saturated rings. The van der Waals surface area contributed by atoms with E-state index in [4.69, 9.17) is 27.2 Å². The first-order valence-corrected chi connectivity index (χ1v) is 5.95. The van der Waals surface area contributed by atoms with Crippen molar-refractivity contribution in [2.45, 2.75) is 6.61 Å². The third-order valence-corrected chi connectivity index (χ3v) is 2.84. The van der Waals surface area contributed by atoms with Gasteiger partial charge in [-0.25, -0.2) is 0 Å². The standard InChI is InChI=1S/C14H12ClNO3/c15-13-7-11(4-5-12(13)14(16)18)19-10-3-1-2-9(6-10)8-17/h1-7,17H,8H2,(H2,16,18). The van der Waals surface area contributed by atoms with E-state index < -0.39 is 5.91 Å². The van der Waals surface area contributed by atoms with Gasteiger partial charge in [-0.3, -0.25) is 4.79 Å². The molecule has 98 valence electrons. The van der Waals surface area contributed by atoms with Crippen molar-refractivity contribution >= 4 is 17.5 Å². The Kier molecular flexibility index (Phi) is 4.04. The molecule has 0 aliphatic rings. The highest BCUT2D eigenvalue weighted by Crippen LogP contribution is 2.27. The molecule has 0 saturated heterocycles. The number of amides is 1. The summed E-state index contributed by atoms with van der Waals surface area (Å²) in [5.74, 6) is 0.485. The first-order valence-electron chi connectivity index (χ1n) is 5.57. The number of rotatable bonds is 4. The molecule has 0 atom stereocenters. The number of carbonyl (C=O) groups is 1. The number of primary amides is 1. The maximum absolute atomic E-state index is 11.0. The molecule has 5 heteroatoms. The molecule has 0 aromatic heterocycles. The van der Waals surface area contributed by atoms with Crippen LogP contribution in [0.3, 0.4) is 0 Å². The van der Waals surface area contributed by atoms with Crippen molar-refractivity contribution in [1.29, 1.82) is 0 Å². The summed E-state index contributed by atoms with van der Waals surface area (Å²) in [6.07, 6.45) is 0. The van der Waals surface area contributed by atoms with Crippen molar-refractivity contribution in [3.8, 4) is 11.5 Å². The fraction of sp³-hybridized carbons (Fsp3) is 0.0714. The molecule has 4 nitrogen and oxygen atoms in total. The molecule has 19 heavy (non-hydrogen) atoms. The maximum atomic E-state index is 11.0. The van der Waals surface area contributed by atoms with Crippen LogP contribution in [-0.2, 0) is 6.61 Å². The van der Waals surface area contributed by atoms with Crippen molar-refractivity contribution in [2.75, 3.05) is 0 Å². The van der Waals surface area contributed by atoms with Gasteiger partial charge in [-0.2, -0.15) is 0 Å². The molecule has 0 unspecified atom stereocenters. The first-order chi connectivity index (χ1) is 9.10. The van der Waals surface area contributed by atoms with E-state index >= 15 is 0 Å². The van der Waals surface area contributed by atoms with Crippen LogP contribution in [0, 0.1) is 0 Å². The van der Waals surface area contributed by atoms with E-state index in [9.17, 15) is 4.79 Å². The van der Waals surface area contributed by atoms with Crippen LogP contribution in [-0.4, -0.2) is 11.0 Å². The zero-order chi connectivity index (χ0) is 13.8. The van der Waals surface area contributed by atoms with Gasteiger partial charge in [0.1, 0.15) is 11.5 Å². The third-order valence-electron chi connectivity index (χ3n) is 2.52. The number of halogens is 1. The van der Waals surface area contributed by atoms with Gasteiger partial charge in [0, 0.05) is 6.07 Å². The molecule has 2 rings (SSSR count). The van der Waals surface area contributed by atoms with Crippen LogP contribution in [0.4, 0.5) is 0 Å². The number of benzene rings is 2. The van der Waals surface area contributed by atoms with E-state index in [1.54, 1.807) is 30.3 Å². The van der Waals surface area contributed by atoms with Crippen molar-refractivity contribution in [3.05, 3.63) is 58.6 Å². The van der Waals surface area contributed by atoms with Crippen LogP contribution in [0.5, 0.6) is 11.5 Å². The van der Waals surface area contributed by atoms with E-state index in [-0.39, 0.29) is 17.2 Å². The van der Waals surface area contributed by atoms with Crippen molar-refractivity contribution in [1.82, 2.24) is 0 Å². The number of ether oxygens (including phenoxy) is 1. The molecule has 0 aliphatic carbocycles. The lowest BCUT2D eigenvalue weighted by Gasteiger charge is -2.08. The van der Waals surface area contributed by atoms with Crippen LogP contribution in [0.2, 0.25) is 5.02 Å². The van der Waals surface area contributed by atoms with Gasteiger partial charge >= 0.3 is 0 Å². The Morgan fingerprint density at radius 2 is 1.95 bits per heavy atom. The highest BCUT2D eigenvalue weighted by Gasteiger charge is 2.08. The summed E-state index contributed by atoms with van der Waals surface area (Å²) in [6.45, 7) is -0.0570. The number of aliphatic hydroxyl groups excluding tert-OH is 1. The zero-order valence-electron chi connectivity index (χ0n) is 9.97. The fourth-order valence-corrected chi connectivity index (χ4v) is 1.87. The quantitative estimate of drug-likeness (QED) is 0.902. The average molecular weight is 278 g/mol. The molecule has 0 heterocycles. The lowest BCUT2D eigenvalue weighted by atomic mass is 10.2. The lowest BCUT2D eigenvalue weighted by molar-refractivity contribution is 0.100. The molecule has 0 radical (unpaired) electrons. The minimum absolute atomic E-state index is 0.0570. The highest BCUT2D eigenvalue weighted by molar-refractivity contribution is 6.33. The van der Waals surface area contributed by atoms with Crippen LogP contribution in [0.25, 0.3) is 0 Å². The Balaban J connectivity index is 2.23. The Bertz CT molecular complexity index is 613. The molecule has 0 bridgehead atoms. The SMILES string of the molecule is NC(=O)c1ccc(Oc2cccc(CO)c2)cc1Cl. The number of hydrogen-bond acceptors (Lipinski definition) is 3. The van der Waals surface area contributed by atoms with Gasteiger partial charge in [-0.15, -0.1) is 0 Å². The minimum atomic E-state index is -0.584. The van der Waals surface area contributed by atoms with Crippen LogP contribution < -0.4 is 10.5 Å². The molecular formula is C14H12ClNO3.